The van der Waals surface area contributed by atoms with Crippen molar-refractivity contribution < 1.29 is 4.79 Å². The molecule has 1 aromatic rings. The van der Waals surface area contributed by atoms with Gasteiger partial charge in [0.05, 0.1) is 11.1 Å². The second-order valence-electron chi connectivity index (χ2n) is 4.26. The van der Waals surface area contributed by atoms with Crippen LogP contribution in [0.15, 0.2) is 6.07 Å². The van der Waals surface area contributed by atoms with Crippen LogP contribution in [0.2, 0.25) is 0 Å². The molecule has 4 nitrogen and oxygen atoms in total. The van der Waals surface area contributed by atoms with Crippen molar-refractivity contribution in [3.8, 4) is 0 Å². The molecule has 1 rings (SSSR count). The lowest BCUT2D eigenvalue weighted by atomic mass is 10.1. The van der Waals surface area contributed by atoms with Gasteiger partial charge in [0, 0.05) is 13.6 Å². The number of hydrogen-bond acceptors (Lipinski definition) is 2. The number of rotatable bonds is 4. The predicted molar refractivity (Wildman–Crippen MR) is 64.8 cm³/mol. The monoisotopic (exact) mass is 243 g/mol. The van der Waals surface area contributed by atoms with E-state index in [9.17, 15) is 4.79 Å². The van der Waals surface area contributed by atoms with Crippen LogP contribution in [0.5, 0.6) is 0 Å². The van der Waals surface area contributed by atoms with Crippen molar-refractivity contribution in [2.45, 2.75) is 26.1 Å². The Bertz CT molecular complexity index is 373. The zero-order chi connectivity index (χ0) is 12.3. The molecule has 0 aliphatic carbocycles. The molecule has 0 aromatic carbocycles. The van der Waals surface area contributed by atoms with Crippen LogP contribution in [0.4, 0.5) is 0 Å². The van der Waals surface area contributed by atoms with Crippen LogP contribution in [-0.2, 0) is 7.05 Å². The number of aryl methyl sites for hydroxylation is 2. The van der Waals surface area contributed by atoms with E-state index in [-0.39, 0.29) is 11.3 Å². The lowest BCUT2D eigenvalue weighted by Crippen LogP contribution is -2.33. The van der Waals surface area contributed by atoms with Gasteiger partial charge in [-0.05, 0) is 18.9 Å². The minimum Gasteiger partial charge on any atom is -0.349 e. The summed E-state index contributed by atoms with van der Waals surface area (Å²) in [6.45, 7) is 6.38. The summed E-state index contributed by atoms with van der Waals surface area (Å²) in [5.41, 5.74) is 1.39. The lowest BCUT2D eigenvalue weighted by Gasteiger charge is -2.13. The molecule has 1 unspecified atom stereocenters. The minimum atomic E-state index is -0.130. The number of amides is 1. The van der Waals surface area contributed by atoms with Gasteiger partial charge in [0.2, 0.25) is 0 Å². The lowest BCUT2D eigenvalue weighted by molar-refractivity contribution is 0.0943. The summed E-state index contributed by atoms with van der Waals surface area (Å²) in [6.07, 6.45) is 0. The average molecular weight is 244 g/mol. The minimum absolute atomic E-state index is 0.0433. The van der Waals surface area contributed by atoms with E-state index in [1.54, 1.807) is 17.8 Å². The van der Waals surface area contributed by atoms with E-state index in [0.29, 0.717) is 18.2 Å². The third-order valence-corrected chi connectivity index (χ3v) is 3.07. The highest BCUT2D eigenvalue weighted by Crippen LogP contribution is 2.08. The first-order chi connectivity index (χ1) is 7.41. The Morgan fingerprint density at radius 2 is 2.25 bits per heavy atom. The molecule has 0 bridgehead atoms. The molecule has 0 radical (unpaired) electrons. The van der Waals surface area contributed by atoms with E-state index in [0.717, 1.165) is 5.69 Å². The standard InChI is InChI=1S/C11H18ClN3O/c1-7(2)9(12)6-13-11(16)10-5-8(3)14-15(10)4/h5,7,9H,6H2,1-4H3,(H,13,16). The molecule has 0 aliphatic rings. The molecule has 0 saturated heterocycles. The smallest absolute Gasteiger partial charge is 0.269 e. The number of alkyl halides is 1. The summed E-state index contributed by atoms with van der Waals surface area (Å²) < 4.78 is 1.57. The number of aromatic nitrogens is 2. The quantitative estimate of drug-likeness (QED) is 0.819. The van der Waals surface area contributed by atoms with E-state index in [1.807, 2.05) is 20.8 Å². The van der Waals surface area contributed by atoms with Crippen molar-refractivity contribution in [1.82, 2.24) is 15.1 Å². The number of carbonyl (C=O) groups is 1. The first-order valence-electron chi connectivity index (χ1n) is 5.34. The number of nitrogens with zero attached hydrogens (tertiary/aromatic N) is 2. The van der Waals surface area contributed by atoms with Gasteiger partial charge in [-0.15, -0.1) is 11.6 Å². The zero-order valence-electron chi connectivity index (χ0n) is 10.1. The van der Waals surface area contributed by atoms with Gasteiger partial charge in [-0.2, -0.15) is 5.10 Å². The molecule has 1 N–H and O–H groups in total. The van der Waals surface area contributed by atoms with Crippen molar-refractivity contribution in [1.29, 1.82) is 0 Å². The van der Waals surface area contributed by atoms with Crippen molar-refractivity contribution >= 4 is 17.5 Å². The summed E-state index contributed by atoms with van der Waals surface area (Å²) in [5.74, 6) is 0.213. The van der Waals surface area contributed by atoms with Gasteiger partial charge in [0.15, 0.2) is 0 Å². The fourth-order valence-corrected chi connectivity index (χ4v) is 1.42. The van der Waals surface area contributed by atoms with Crippen LogP contribution < -0.4 is 5.32 Å². The van der Waals surface area contributed by atoms with Gasteiger partial charge < -0.3 is 5.32 Å². The van der Waals surface area contributed by atoms with Crippen LogP contribution in [-0.4, -0.2) is 27.6 Å². The number of nitrogens with one attached hydrogen (secondary N) is 1. The highest BCUT2D eigenvalue weighted by atomic mass is 35.5. The number of carbonyl (C=O) groups excluding carboxylic acids is 1. The molecule has 90 valence electrons. The molecule has 0 saturated carbocycles. The van der Waals surface area contributed by atoms with Crippen molar-refractivity contribution in [2.75, 3.05) is 6.54 Å². The Morgan fingerprint density at radius 1 is 1.62 bits per heavy atom. The van der Waals surface area contributed by atoms with Crippen LogP contribution >= 0.6 is 11.6 Å². The van der Waals surface area contributed by atoms with Crippen LogP contribution in [0.25, 0.3) is 0 Å². The average Bonchev–Trinajstić information content (AvgIpc) is 2.53. The largest absolute Gasteiger partial charge is 0.349 e. The summed E-state index contributed by atoms with van der Waals surface area (Å²) in [4.78, 5) is 11.8. The second-order valence-corrected chi connectivity index (χ2v) is 4.83. The second kappa shape index (κ2) is 5.34. The van der Waals surface area contributed by atoms with Gasteiger partial charge in [-0.1, -0.05) is 13.8 Å². The summed E-state index contributed by atoms with van der Waals surface area (Å²) >= 11 is 6.06. The Hall–Kier alpha value is -1.03. The van der Waals surface area contributed by atoms with Gasteiger partial charge in [0.25, 0.3) is 5.91 Å². The highest BCUT2D eigenvalue weighted by Gasteiger charge is 2.14. The van der Waals surface area contributed by atoms with Gasteiger partial charge in [-0.25, -0.2) is 0 Å². The zero-order valence-corrected chi connectivity index (χ0v) is 10.9. The summed E-state index contributed by atoms with van der Waals surface area (Å²) in [6, 6.07) is 1.76. The molecule has 16 heavy (non-hydrogen) atoms. The Morgan fingerprint density at radius 3 is 2.69 bits per heavy atom. The molecule has 0 spiro atoms. The fraction of sp³-hybridized carbons (Fsp3) is 0.636. The van der Waals surface area contributed by atoms with Gasteiger partial charge in [-0.3, -0.25) is 9.48 Å². The third kappa shape index (κ3) is 3.23. The molecule has 0 aliphatic heterocycles. The maximum Gasteiger partial charge on any atom is 0.269 e. The SMILES string of the molecule is Cc1cc(C(=O)NCC(Cl)C(C)C)n(C)n1. The van der Waals surface area contributed by atoms with Crippen LogP contribution in [0.1, 0.15) is 30.0 Å². The molecule has 1 heterocycles. The van der Waals surface area contributed by atoms with Gasteiger partial charge >= 0.3 is 0 Å². The maximum atomic E-state index is 11.8. The van der Waals surface area contributed by atoms with E-state index >= 15 is 0 Å². The third-order valence-electron chi connectivity index (χ3n) is 2.42. The van der Waals surface area contributed by atoms with E-state index < -0.39 is 0 Å². The van der Waals surface area contributed by atoms with Crippen molar-refractivity contribution in [3.05, 3.63) is 17.5 Å². The van der Waals surface area contributed by atoms with Crippen molar-refractivity contribution in [2.24, 2.45) is 13.0 Å². The Balaban J connectivity index is 2.56. The Kier molecular flexibility index (Phi) is 4.35. The maximum absolute atomic E-state index is 11.8. The predicted octanol–water partition coefficient (Wildman–Crippen LogP) is 1.72. The highest BCUT2D eigenvalue weighted by molar-refractivity contribution is 6.21. The molecular weight excluding hydrogens is 226 g/mol. The topological polar surface area (TPSA) is 46.9 Å². The molecule has 5 heteroatoms. The number of halogens is 1. The van der Waals surface area contributed by atoms with Gasteiger partial charge in [0.1, 0.15) is 5.69 Å². The van der Waals surface area contributed by atoms with Crippen molar-refractivity contribution in [3.63, 3.8) is 0 Å². The normalized spacial score (nSPS) is 12.9. The summed E-state index contributed by atoms with van der Waals surface area (Å²) in [7, 11) is 1.75. The fourth-order valence-electron chi connectivity index (χ4n) is 1.34. The first kappa shape index (κ1) is 13.0. The van der Waals surface area contributed by atoms with Crippen LogP contribution in [0.3, 0.4) is 0 Å². The molecule has 1 atom stereocenters. The van der Waals surface area contributed by atoms with E-state index in [1.165, 1.54) is 0 Å². The van der Waals surface area contributed by atoms with Crippen LogP contribution in [0, 0.1) is 12.8 Å². The molecule has 1 amide bonds. The van der Waals surface area contributed by atoms with E-state index in [2.05, 4.69) is 10.4 Å². The number of hydrogen-bond donors (Lipinski definition) is 1. The Labute approximate surface area is 101 Å². The summed E-state index contributed by atoms with van der Waals surface area (Å²) in [5, 5.41) is 6.88. The molecular formula is C11H18ClN3O. The van der Waals surface area contributed by atoms with E-state index in [4.69, 9.17) is 11.6 Å². The first-order valence-corrected chi connectivity index (χ1v) is 5.78. The molecule has 1 aromatic heterocycles. The molecule has 0 fully saturated rings.